The van der Waals surface area contributed by atoms with Crippen molar-refractivity contribution < 1.29 is 41.5 Å². The van der Waals surface area contributed by atoms with Crippen molar-refractivity contribution >= 4 is 0 Å². The number of aryl methyl sites for hydroxylation is 1. The first-order chi connectivity index (χ1) is 8.13. The van der Waals surface area contributed by atoms with E-state index < -0.39 is 11.6 Å². The SMILES string of the molecule is CC1CCC(CCc2cc(F)[c-]c(F)c2)CC1.[Y]. The Labute approximate surface area is 133 Å². The summed E-state index contributed by atoms with van der Waals surface area (Å²) in [7, 11) is 0. The van der Waals surface area contributed by atoms with Gasteiger partial charge in [-0.1, -0.05) is 39.0 Å². The minimum Gasteiger partial charge on any atom is -0.236 e. The van der Waals surface area contributed by atoms with Crippen molar-refractivity contribution in [2.24, 2.45) is 11.8 Å². The van der Waals surface area contributed by atoms with Gasteiger partial charge in [-0.15, -0.1) is 18.2 Å². The zero-order valence-electron chi connectivity index (χ0n) is 10.9. The Balaban J connectivity index is 0.00000162. The van der Waals surface area contributed by atoms with E-state index in [2.05, 4.69) is 6.92 Å². The summed E-state index contributed by atoms with van der Waals surface area (Å²) in [6.45, 7) is 2.30. The van der Waals surface area contributed by atoms with Crippen LogP contribution in [0.25, 0.3) is 0 Å². The Morgan fingerprint density at radius 1 is 1.11 bits per heavy atom. The van der Waals surface area contributed by atoms with E-state index in [1.165, 1.54) is 37.8 Å². The molecule has 18 heavy (non-hydrogen) atoms. The number of hydrogen-bond acceptors (Lipinski definition) is 0. The fraction of sp³-hybridized carbons (Fsp3) is 0.600. The van der Waals surface area contributed by atoms with Gasteiger partial charge in [-0.2, -0.15) is 5.56 Å². The summed E-state index contributed by atoms with van der Waals surface area (Å²) in [4.78, 5) is 0. The second-order valence-corrected chi connectivity index (χ2v) is 5.35. The van der Waals surface area contributed by atoms with Crippen LogP contribution >= 0.6 is 0 Å². The molecule has 1 aliphatic rings. The van der Waals surface area contributed by atoms with Gasteiger partial charge < -0.3 is 0 Å². The summed E-state index contributed by atoms with van der Waals surface area (Å²) in [5, 5.41) is 0. The molecule has 3 heteroatoms. The van der Waals surface area contributed by atoms with E-state index >= 15 is 0 Å². The summed E-state index contributed by atoms with van der Waals surface area (Å²) in [5.41, 5.74) is 0.761. The Kier molecular flexibility index (Phi) is 6.94. The summed E-state index contributed by atoms with van der Waals surface area (Å²) < 4.78 is 25.9. The molecular weight excluding hydrogens is 307 g/mol. The van der Waals surface area contributed by atoms with Crippen LogP contribution in [0.3, 0.4) is 0 Å². The molecule has 0 amide bonds. The quantitative estimate of drug-likeness (QED) is 0.717. The zero-order chi connectivity index (χ0) is 12.3. The summed E-state index contributed by atoms with van der Waals surface area (Å²) >= 11 is 0. The monoisotopic (exact) mass is 326 g/mol. The number of hydrogen-bond donors (Lipinski definition) is 0. The van der Waals surface area contributed by atoms with Crippen molar-refractivity contribution in [3.8, 4) is 0 Å². The minimum atomic E-state index is -0.586. The van der Waals surface area contributed by atoms with Crippen LogP contribution < -0.4 is 0 Å². The second kappa shape index (κ2) is 7.70. The molecule has 2 rings (SSSR count). The Hall–Kier alpha value is 0.184. The van der Waals surface area contributed by atoms with Gasteiger partial charge in [0.25, 0.3) is 0 Å². The van der Waals surface area contributed by atoms with Crippen molar-refractivity contribution in [3.63, 3.8) is 0 Å². The Bertz CT molecular complexity index is 351. The van der Waals surface area contributed by atoms with Crippen LogP contribution in [-0.4, -0.2) is 0 Å². The average molecular weight is 326 g/mol. The number of rotatable bonds is 3. The van der Waals surface area contributed by atoms with Crippen molar-refractivity contribution in [2.75, 3.05) is 0 Å². The third-order valence-corrected chi connectivity index (χ3v) is 3.84. The third kappa shape index (κ3) is 5.05. The van der Waals surface area contributed by atoms with Crippen molar-refractivity contribution in [1.82, 2.24) is 0 Å². The van der Waals surface area contributed by atoms with Crippen molar-refractivity contribution in [3.05, 3.63) is 35.4 Å². The molecular formula is C15H19F2Y-. The van der Waals surface area contributed by atoms with E-state index in [1.807, 2.05) is 6.07 Å². The molecule has 0 nitrogen and oxygen atoms in total. The first kappa shape index (κ1) is 16.2. The molecule has 0 saturated heterocycles. The maximum absolute atomic E-state index is 12.9. The molecule has 0 unspecified atom stereocenters. The third-order valence-electron chi connectivity index (χ3n) is 3.84. The predicted octanol–water partition coefficient (Wildman–Crippen LogP) is 4.52. The van der Waals surface area contributed by atoms with Gasteiger partial charge in [0.1, 0.15) is 0 Å². The molecule has 0 spiro atoms. The molecule has 0 bridgehead atoms. The first-order valence-electron chi connectivity index (χ1n) is 6.50. The van der Waals surface area contributed by atoms with Crippen LogP contribution in [0.4, 0.5) is 8.78 Å². The number of halogens is 2. The van der Waals surface area contributed by atoms with Gasteiger partial charge >= 0.3 is 0 Å². The average Bonchev–Trinajstić information content (AvgIpc) is 2.27. The fourth-order valence-electron chi connectivity index (χ4n) is 2.69. The second-order valence-electron chi connectivity index (χ2n) is 5.35. The van der Waals surface area contributed by atoms with Crippen molar-refractivity contribution in [2.45, 2.75) is 45.4 Å². The van der Waals surface area contributed by atoms with Gasteiger partial charge in [0, 0.05) is 44.3 Å². The summed E-state index contributed by atoms with van der Waals surface area (Å²) in [6.07, 6.45) is 6.97. The van der Waals surface area contributed by atoms with Gasteiger partial charge in [-0.05, 0) is 18.3 Å². The largest absolute Gasteiger partial charge is 0.236 e. The van der Waals surface area contributed by atoms with E-state index in [0.717, 1.165) is 30.2 Å². The molecule has 1 saturated carbocycles. The van der Waals surface area contributed by atoms with Crippen LogP contribution in [0.2, 0.25) is 0 Å². The standard InChI is InChI=1S/C15H19F2.Y/c1-11-2-4-12(5-3-11)6-7-13-8-14(16)10-15(17)9-13;/h8-9,11-12H,2-7H2,1H3;/q-1;. The molecule has 1 aliphatic carbocycles. The van der Waals surface area contributed by atoms with E-state index in [9.17, 15) is 8.78 Å². The van der Waals surface area contributed by atoms with Gasteiger partial charge in [-0.25, -0.2) is 8.78 Å². The maximum atomic E-state index is 12.9. The van der Waals surface area contributed by atoms with Gasteiger partial charge in [0.2, 0.25) is 0 Å². The summed E-state index contributed by atoms with van der Waals surface area (Å²) in [6, 6.07) is 4.82. The van der Waals surface area contributed by atoms with E-state index in [0.29, 0.717) is 0 Å². The topological polar surface area (TPSA) is 0 Å². The smallest absolute Gasteiger partial charge is 0.0139 e. The molecule has 0 aromatic heterocycles. The van der Waals surface area contributed by atoms with Gasteiger partial charge in [0.15, 0.2) is 0 Å². The molecule has 1 fully saturated rings. The van der Waals surface area contributed by atoms with Crippen molar-refractivity contribution in [1.29, 1.82) is 0 Å². The van der Waals surface area contributed by atoms with Crippen LogP contribution in [0.1, 0.15) is 44.6 Å². The molecule has 0 heterocycles. The van der Waals surface area contributed by atoms with E-state index in [1.54, 1.807) is 0 Å². The van der Waals surface area contributed by atoms with Crippen LogP contribution in [0, 0.1) is 29.5 Å². The molecule has 1 aromatic rings. The van der Waals surface area contributed by atoms with E-state index in [-0.39, 0.29) is 32.7 Å². The first-order valence-corrected chi connectivity index (χ1v) is 6.50. The molecule has 97 valence electrons. The van der Waals surface area contributed by atoms with Crippen LogP contribution in [0.15, 0.2) is 12.1 Å². The summed E-state index contributed by atoms with van der Waals surface area (Å²) in [5.74, 6) is 0.420. The molecule has 0 aliphatic heterocycles. The Morgan fingerprint density at radius 2 is 1.67 bits per heavy atom. The normalized spacial score (nSPS) is 23.5. The molecule has 1 aromatic carbocycles. The van der Waals surface area contributed by atoms with Crippen LogP contribution in [0.5, 0.6) is 0 Å². The predicted molar refractivity (Wildman–Crippen MR) is 64.6 cm³/mol. The number of benzene rings is 1. The fourth-order valence-corrected chi connectivity index (χ4v) is 2.69. The van der Waals surface area contributed by atoms with Gasteiger partial charge in [-0.3, -0.25) is 0 Å². The maximum Gasteiger partial charge on any atom is 0.0139 e. The molecule has 1 radical (unpaired) electrons. The Morgan fingerprint density at radius 3 is 2.22 bits per heavy atom. The molecule has 0 atom stereocenters. The molecule has 0 N–H and O–H groups in total. The van der Waals surface area contributed by atoms with E-state index in [4.69, 9.17) is 0 Å². The minimum absolute atomic E-state index is 0. The van der Waals surface area contributed by atoms with Gasteiger partial charge in [0.05, 0.1) is 0 Å². The van der Waals surface area contributed by atoms with Crippen LogP contribution in [-0.2, 0) is 39.1 Å². The zero-order valence-corrected chi connectivity index (χ0v) is 13.7.